The molecule has 180 valence electrons. The highest BCUT2D eigenvalue weighted by Gasteiger charge is 2.20. The van der Waals surface area contributed by atoms with Crippen molar-refractivity contribution < 1.29 is 27.6 Å². The second-order valence-electron chi connectivity index (χ2n) is 6.77. The van der Waals surface area contributed by atoms with E-state index in [1.54, 1.807) is 30.3 Å². The van der Waals surface area contributed by atoms with Crippen LogP contribution in [0.5, 0.6) is 17.2 Å². The van der Waals surface area contributed by atoms with Gasteiger partial charge in [0, 0.05) is 17.8 Å². The highest BCUT2D eigenvalue weighted by atomic mass is 32.2. The molecule has 0 bridgehead atoms. The summed E-state index contributed by atoms with van der Waals surface area (Å²) in [6.45, 7) is 0. The molecular weight excluding hydrogens is 468 g/mol. The number of rotatable bonds is 10. The molecule has 0 saturated carbocycles. The van der Waals surface area contributed by atoms with Gasteiger partial charge in [-0.2, -0.15) is 4.98 Å². The van der Waals surface area contributed by atoms with Crippen molar-refractivity contribution in [2.45, 2.75) is 0 Å². The highest BCUT2D eigenvalue weighted by Crippen LogP contribution is 2.40. The number of benzene rings is 2. The van der Waals surface area contributed by atoms with Gasteiger partial charge < -0.3 is 24.8 Å². The third kappa shape index (κ3) is 5.72. The smallest absolute Gasteiger partial charge is 0.329 e. The molecular formula is C20H22N6O7S. The molecule has 3 aromatic rings. The van der Waals surface area contributed by atoms with Crippen LogP contribution in [0.25, 0.3) is 0 Å². The van der Waals surface area contributed by atoms with E-state index in [0.717, 1.165) is 12.5 Å². The molecule has 0 unspecified atom stereocenters. The lowest BCUT2D eigenvalue weighted by Crippen LogP contribution is -2.11. The van der Waals surface area contributed by atoms with Gasteiger partial charge in [0.25, 0.3) is 0 Å². The predicted molar refractivity (Wildman–Crippen MR) is 126 cm³/mol. The Balaban J connectivity index is 2.00. The Hall–Kier alpha value is -4.33. The first-order valence-electron chi connectivity index (χ1n) is 9.57. The normalized spacial score (nSPS) is 10.8. The van der Waals surface area contributed by atoms with E-state index in [9.17, 15) is 18.5 Å². The topological polar surface area (TPSA) is 167 Å². The highest BCUT2D eigenvalue weighted by molar-refractivity contribution is 7.92. The summed E-state index contributed by atoms with van der Waals surface area (Å²) in [5, 5.41) is 17.3. The summed E-state index contributed by atoms with van der Waals surface area (Å²) in [5.41, 5.74) is 0.503. The average Bonchev–Trinajstić information content (AvgIpc) is 2.78. The molecule has 0 amide bonds. The first-order valence-corrected chi connectivity index (χ1v) is 11.5. The van der Waals surface area contributed by atoms with Crippen LogP contribution in [-0.2, 0) is 10.0 Å². The Morgan fingerprint density at radius 1 is 0.971 bits per heavy atom. The third-order valence-corrected chi connectivity index (χ3v) is 4.95. The van der Waals surface area contributed by atoms with Gasteiger partial charge in [-0.3, -0.25) is 14.8 Å². The van der Waals surface area contributed by atoms with Crippen LogP contribution in [0.4, 0.5) is 34.5 Å². The van der Waals surface area contributed by atoms with Gasteiger partial charge >= 0.3 is 5.69 Å². The van der Waals surface area contributed by atoms with Crippen molar-refractivity contribution in [2.24, 2.45) is 0 Å². The lowest BCUT2D eigenvalue weighted by atomic mass is 10.2. The summed E-state index contributed by atoms with van der Waals surface area (Å²) in [6, 6.07) is 9.54. The summed E-state index contributed by atoms with van der Waals surface area (Å²) >= 11 is 0. The van der Waals surface area contributed by atoms with Gasteiger partial charge in [-0.25, -0.2) is 13.4 Å². The SMILES string of the molecule is COc1cc(Nc2ncc([N+](=O)[O-])c(Nc3ccccc3NS(C)(=O)=O)n2)cc(OC)c1OC. The number of methoxy groups -OCH3 is 3. The Labute approximate surface area is 195 Å². The van der Waals surface area contributed by atoms with Crippen LogP contribution in [0, 0.1) is 10.1 Å². The van der Waals surface area contributed by atoms with Crippen LogP contribution in [0.1, 0.15) is 0 Å². The quantitative estimate of drug-likeness (QED) is 0.282. The minimum atomic E-state index is -3.59. The molecule has 3 rings (SSSR count). The van der Waals surface area contributed by atoms with Gasteiger partial charge in [0.05, 0.1) is 43.9 Å². The van der Waals surface area contributed by atoms with E-state index in [1.165, 1.54) is 27.4 Å². The lowest BCUT2D eigenvalue weighted by molar-refractivity contribution is -0.384. The number of ether oxygens (including phenoxy) is 3. The maximum absolute atomic E-state index is 11.7. The number of aromatic nitrogens is 2. The van der Waals surface area contributed by atoms with Crippen molar-refractivity contribution >= 4 is 44.5 Å². The van der Waals surface area contributed by atoms with Gasteiger partial charge in [0.1, 0.15) is 6.20 Å². The first-order chi connectivity index (χ1) is 16.1. The molecule has 0 fully saturated rings. The fourth-order valence-electron chi connectivity index (χ4n) is 2.95. The second-order valence-corrected chi connectivity index (χ2v) is 8.52. The molecule has 2 aromatic carbocycles. The lowest BCUT2D eigenvalue weighted by Gasteiger charge is -2.15. The minimum absolute atomic E-state index is 0.0240. The fourth-order valence-corrected chi connectivity index (χ4v) is 3.53. The zero-order valence-corrected chi connectivity index (χ0v) is 19.5. The molecule has 1 aromatic heterocycles. The van der Waals surface area contributed by atoms with Crippen LogP contribution in [-0.4, -0.2) is 50.9 Å². The zero-order valence-electron chi connectivity index (χ0n) is 18.6. The van der Waals surface area contributed by atoms with Gasteiger partial charge in [-0.1, -0.05) is 12.1 Å². The number of sulfonamides is 1. The molecule has 0 spiro atoms. The van der Waals surface area contributed by atoms with E-state index in [1.807, 2.05) is 0 Å². The largest absolute Gasteiger partial charge is 0.493 e. The molecule has 0 saturated heterocycles. The van der Waals surface area contributed by atoms with E-state index >= 15 is 0 Å². The Morgan fingerprint density at radius 2 is 1.59 bits per heavy atom. The fraction of sp³-hybridized carbons (Fsp3) is 0.200. The summed E-state index contributed by atoms with van der Waals surface area (Å²) in [5.74, 6) is 1.02. The predicted octanol–water partition coefficient (Wildman–Crippen LogP) is 3.27. The minimum Gasteiger partial charge on any atom is -0.493 e. The van der Waals surface area contributed by atoms with Crippen LogP contribution in [0.3, 0.4) is 0 Å². The molecule has 1 heterocycles. The molecule has 0 aliphatic heterocycles. The number of hydrogen-bond acceptors (Lipinski definition) is 11. The van der Waals surface area contributed by atoms with Crippen molar-refractivity contribution in [1.82, 2.24) is 9.97 Å². The molecule has 14 heteroatoms. The zero-order chi connectivity index (χ0) is 24.9. The van der Waals surface area contributed by atoms with Crippen molar-refractivity contribution in [3.8, 4) is 17.2 Å². The van der Waals surface area contributed by atoms with Crippen LogP contribution < -0.4 is 29.6 Å². The Bertz CT molecular complexity index is 1290. The summed E-state index contributed by atoms with van der Waals surface area (Å²) < 4.78 is 41.6. The number of nitrogens with zero attached hydrogens (tertiary/aromatic N) is 3. The Morgan fingerprint density at radius 3 is 2.12 bits per heavy atom. The molecule has 0 aliphatic rings. The number of nitro groups is 1. The van der Waals surface area contributed by atoms with Crippen molar-refractivity contribution in [3.05, 3.63) is 52.7 Å². The van der Waals surface area contributed by atoms with Gasteiger partial charge in [-0.15, -0.1) is 0 Å². The van der Waals surface area contributed by atoms with Crippen molar-refractivity contribution in [1.29, 1.82) is 0 Å². The van der Waals surface area contributed by atoms with Crippen LogP contribution in [0.2, 0.25) is 0 Å². The van der Waals surface area contributed by atoms with Gasteiger partial charge in [-0.05, 0) is 12.1 Å². The Kier molecular flexibility index (Phi) is 7.21. The van der Waals surface area contributed by atoms with E-state index < -0.39 is 20.6 Å². The average molecular weight is 490 g/mol. The van der Waals surface area contributed by atoms with Crippen molar-refractivity contribution in [2.75, 3.05) is 42.9 Å². The maximum Gasteiger partial charge on any atom is 0.329 e. The first kappa shape index (κ1) is 24.3. The van der Waals surface area contributed by atoms with E-state index in [0.29, 0.717) is 22.9 Å². The number of anilines is 5. The summed E-state index contributed by atoms with van der Waals surface area (Å²) in [4.78, 5) is 19.1. The van der Waals surface area contributed by atoms with Gasteiger partial charge in [0.2, 0.25) is 27.5 Å². The third-order valence-electron chi connectivity index (χ3n) is 4.36. The molecule has 34 heavy (non-hydrogen) atoms. The standard InChI is InChI=1S/C20H22N6O7S/c1-31-16-9-12(10-17(32-2)18(16)33-3)22-20-21-11-15(26(27)28)19(24-20)23-13-7-5-6-8-14(13)25-34(4,29)30/h5-11,25H,1-4H3,(H2,21,22,23,24). The van der Waals surface area contributed by atoms with Crippen LogP contribution >= 0.6 is 0 Å². The van der Waals surface area contributed by atoms with E-state index in [-0.39, 0.29) is 23.1 Å². The molecule has 13 nitrogen and oxygen atoms in total. The monoisotopic (exact) mass is 490 g/mol. The van der Waals surface area contributed by atoms with Crippen LogP contribution in [0.15, 0.2) is 42.6 Å². The number of para-hydroxylation sites is 2. The maximum atomic E-state index is 11.7. The number of nitrogens with one attached hydrogen (secondary N) is 3. The number of hydrogen-bond donors (Lipinski definition) is 3. The summed E-state index contributed by atoms with van der Waals surface area (Å²) in [7, 11) is 0.816. The molecule has 3 N–H and O–H groups in total. The van der Waals surface area contributed by atoms with E-state index in [2.05, 4.69) is 25.3 Å². The van der Waals surface area contributed by atoms with Gasteiger partial charge in [0.15, 0.2) is 11.5 Å². The molecule has 0 radical (unpaired) electrons. The molecule has 0 atom stereocenters. The second kappa shape index (κ2) is 10.1. The van der Waals surface area contributed by atoms with E-state index in [4.69, 9.17) is 14.2 Å². The summed E-state index contributed by atoms with van der Waals surface area (Å²) in [6.07, 6.45) is 2.03. The van der Waals surface area contributed by atoms with Crippen molar-refractivity contribution in [3.63, 3.8) is 0 Å². The molecule has 0 aliphatic carbocycles.